The maximum Gasteiger partial charge on any atom is 0.225 e. The Morgan fingerprint density at radius 3 is 2.76 bits per heavy atom. The molecule has 3 aromatic rings. The first-order chi connectivity index (χ1) is 18.6. The van der Waals surface area contributed by atoms with Gasteiger partial charge >= 0.3 is 0 Å². The van der Waals surface area contributed by atoms with Gasteiger partial charge in [-0.2, -0.15) is 5.26 Å². The van der Waals surface area contributed by atoms with Crippen molar-refractivity contribution in [2.24, 2.45) is 5.92 Å². The number of hydrogen-bond donors (Lipinski definition) is 0. The number of piperazine rings is 1. The van der Waals surface area contributed by atoms with Crippen LogP contribution in [0, 0.1) is 17.2 Å². The molecule has 38 heavy (non-hydrogen) atoms. The molecule has 2 aromatic heterocycles. The van der Waals surface area contributed by atoms with Crippen molar-refractivity contribution in [2.75, 3.05) is 38.3 Å². The molecule has 1 saturated heterocycles. The number of benzene rings is 1. The number of nitriles is 1. The van der Waals surface area contributed by atoms with Gasteiger partial charge < -0.3 is 14.5 Å². The standard InChI is InChI=1S/C30H32N6O2/c1-3-27-32-17-24-22(5-4-6-25(24)33-27)23-15-21(16-31)30(34-29(23)20-9-10-20)35-12-13-36(28(37)11-14-38-2)26(18-35)19-7-8-19/h3-6,15,17,19-20,26H,1,7-14,18H2,2H3/t26-/m0/s1. The molecule has 0 radical (unpaired) electrons. The van der Waals surface area contributed by atoms with Gasteiger partial charge in [-0.3, -0.25) is 4.79 Å². The molecule has 0 unspecified atom stereocenters. The molecule has 0 spiro atoms. The second-order valence-corrected chi connectivity index (χ2v) is 10.5. The van der Waals surface area contributed by atoms with Crippen molar-refractivity contribution in [3.05, 3.63) is 54.1 Å². The summed E-state index contributed by atoms with van der Waals surface area (Å²) >= 11 is 0. The Morgan fingerprint density at radius 2 is 2.05 bits per heavy atom. The third-order valence-corrected chi connectivity index (χ3v) is 7.96. The van der Waals surface area contributed by atoms with E-state index in [1.807, 2.05) is 29.3 Å². The Hall–Kier alpha value is -3.83. The highest BCUT2D eigenvalue weighted by molar-refractivity contribution is 5.95. The zero-order chi connectivity index (χ0) is 26.2. The van der Waals surface area contributed by atoms with Gasteiger partial charge in [0.05, 0.1) is 35.8 Å². The molecule has 6 rings (SSSR count). The third-order valence-electron chi connectivity index (χ3n) is 7.96. The molecule has 2 saturated carbocycles. The first-order valence-electron chi connectivity index (χ1n) is 13.5. The fourth-order valence-corrected chi connectivity index (χ4v) is 5.66. The lowest BCUT2D eigenvalue weighted by Crippen LogP contribution is -2.56. The molecule has 0 N–H and O–H groups in total. The first kappa shape index (κ1) is 24.5. The van der Waals surface area contributed by atoms with Gasteiger partial charge in [0.1, 0.15) is 11.9 Å². The average Bonchev–Trinajstić information content (AvgIpc) is 3.88. The summed E-state index contributed by atoms with van der Waals surface area (Å²) in [7, 11) is 1.63. The van der Waals surface area contributed by atoms with Gasteiger partial charge in [-0.15, -0.1) is 0 Å². The summed E-state index contributed by atoms with van der Waals surface area (Å²) in [6.07, 6.45) is 8.38. The molecule has 1 amide bonds. The number of anilines is 1. The number of amides is 1. The molecule has 8 heteroatoms. The van der Waals surface area contributed by atoms with E-state index >= 15 is 0 Å². The van der Waals surface area contributed by atoms with E-state index in [0.29, 0.717) is 55.9 Å². The van der Waals surface area contributed by atoms with Gasteiger partial charge in [0.15, 0.2) is 5.82 Å². The first-order valence-corrected chi connectivity index (χ1v) is 13.5. The number of methoxy groups -OCH3 is 1. The SMILES string of the molecule is C=Cc1ncc2c(-c3cc(C#N)c(N4CCN(C(=O)CCOC)[C@H](C5CC5)C4)nc3C3CC3)cccc2n1. The van der Waals surface area contributed by atoms with E-state index in [1.54, 1.807) is 13.2 Å². The van der Waals surface area contributed by atoms with Gasteiger partial charge in [-0.1, -0.05) is 18.7 Å². The topological polar surface area (TPSA) is 95.2 Å². The minimum atomic E-state index is 0.153. The van der Waals surface area contributed by atoms with Crippen molar-refractivity contribution in [3.8, 4) is 17.2 Å². The monoisotopic (exact) mass is 508 g/mol. The fraction of sp³-hybridized carbons (Fsp3) is 0.433. The summed E-state index contributed by atoms with van der Waals surface area (Å²) in [6.45, 7) is 6.24. The molecular weight excluding hydrogens is 476 g/mol. The third kappa shape index (κ3) is 4.63. The molecule has 0 bridgehead atoms. The fourth-order valence-electron chi connectivity index (χ4n) is 5.66. The molecule has 1 aromatic carbocycles. The summed E-state index contributed by atoms with van der Waals surface area (Å²) in [5, 5.41) is 11.2. The van der Waals surface area contributed by atoms with Crippen LogP contribution in [0.5, 0.6) is 0 Å². The van der Waals surface area contributed by atoms with E-state index < -0.39 is 0 Å². The minimum Gasteiger partial charge on any atom is -0.384 e. The van der Waals surface area contributed by atoms with Gasteiger partial charge in [0.25, 0.3) is 0 Å². The lowest BCUT2D eigenvalue weighted by Gasteiger charge is -2.42. The molecule has 3 aliphatic rings. The Kier molecular flexibility index (Phi) is 6.54. The number of carbonyl (C=O) groups is 1. The number of carbonyl (C=O) groups excluding carboxylic acids is 1. The highest BCUT2D eigenvalue weighted by atomic mass is 16.5. The van der Waals surface area contributed by atoms with E-state index in [0.717, 1.165) is 59.2 Å². The summed E-state index contributed by atoms with van der Waals surface area (Å²) in [5.41, 5.74) is 4.44. The van der Waals surface area contributed by atoms with Crippen LogP contribution in [0.25, 0.3) is 28.1 Å². The number of fused-ring (bicyclic) bond motifs is 1. The van der Waals surface area contributed by atoms with Crippen molar-refractivity contribution in [3.63, 3.8) is 0 Å². The van der Waals surface area contributed by atoms with Crippen LogP contribution in [0.15, 0.2) is 37.0 Å². The Balaban J connectivity index is 1.37. The van der Waals surface area contributed by atoms with Crippen LogP contribution in [-0.2, 0) is 9.53 Å². The van der Waals surface area contributed by atoms with Gasteiger partial charge in [-0.25, -0.2) is 15.0 Å². The van der Waals surface area contributed by atoms with Crippen LogP contribution < -0.4 is 4.90 Å². The summed E-state index contributed by atoms with van der Waals surface area (Å²) in [6, 6.07) is 10.6. The Labute approximate surface area is 223 Å². The van der Waals surface area contributed by atoms with Crippen LogP contribution in [0.3, 0.4) is 0 Å². The summed E-state index contributed by atoms with van der Waals surface area (Å²) in [5.74, 6) is 2.40. The summed E-state index contributed by atoms with van der Waals surface area (Å²) in [4.78, 5) is 31.4. The highest BCUT2D eigenvalue weighted by Crippen LogP contribution is 2.46. The van der Waals surface area contributed by atoms with E-state index in [-0.39, 0.29) is 11.9 Å². The van der Waals surface area contributed by atoms with Crippen LogP contribution in [-0.4, -0.2) is 65.2 Å². The molecule has 1 aliphatic heterocycles. The summed E-state index contributed by atoms with van der Waals surface area (Å²) < 4.78 is 5.15. The molecule has 3 heterocycles. The number of ether oxygens (including phenoxy) is 1. The lowest BCUT2D eigenvalue weighted by molar-refractivity contribution is -0.135. The predicted molar refractivity (Wildman–Crippen MR) is 146 cm³/mol. The molecular formula is C30H32N6O2. The van der Waals surface area contributed by atoms with Gasteiger partial charge in [0.2, 0.25) is 5.91 Å². The largest absolute Gasteiger partial charge is 0.384 e. The van der Waals surface area contributed by atoms with Gasteiger partial charge in [0, 0.05) is 49.8 Å². The quantitative estimate of drug-likeness (QED) is 0.441. The molecule has 2 aliphatic carbocycles. The van der Waals surface area contributed by atoms with Crippen LogP contribution >= 0.6 is 0 Å². The highest BCUT2D eigenvalue weighted by Gasteiger charge is 2.41. The Morgan fingerprint density at radius 1 is 1.21 bits per heavy atom. The average molecular weight is 509 g/mol. The molecule has 3 fully saturated rings. The predicted octanol–water partition coefficient (Wildman–Crippen LogP) is 4.55. The zero-order valence-corrected chi connectivity index (χ0v) is 21.8. The molecule has 1 atom stereocenters. The van der Waals surface area contributed by atoms with Gasteiger partial charge in [-0.05, 0) is 55.4 Å². The maximum atomic E-state index is 12.9. The van der Waals surface area contributed by atoms with E-state index in [9.17, 15) is 10.1 Å². The number of rotatable bonds is 8. The lowest BCUT2D eigenvalue weighted by atomic mass is 9.96. The van der Waals surface area contributed by atoms with E-state index in [1.165, 1.54) is 0 Å². The minimum absolute atomic E-state index is 0.153. The van der Waals surface area contributed by atoms with Crippen molar-refractivity contribution in [1.82, 2.24) is 19.9 Å². The normalized spacial score (nSPS) is 19.4. The van der Waals surface area contributed by atoms with Crippen molar-refractivity contribution < 1.29 is 9.53 Å². The van der Waals surface area contributed by atoms with Crippen molar-refractivity contribution in [1.29, 1.82) is 5.26 Å². The Bertz CT molecular complexity index is 1440. The maximum absolute atomic E-state index is 12.9. The zero-order valence-electron chi connectivity index (χ0n) is 21.8. The van der Waals surface area contributed by atoms with Crippen LogP contribution in [0.1, 0.15) is 55.1 Å². The van der Waals surface area contributed by atoms with Crippen LogP contribution in [0.4, 0.5) is 5.82 Å². The van der Waals surface area contributed by atoms with Crippen molar-refractivity contribution >= 4 is 28.7 Å². The smallest absolute Gasteiger partial charge is 0.225 e. The van der Waals surface area contributed by atoms with E-state index in [4.69, 9.17) is 9.72 Å². The number of nitrogens with zero attached hydrogens (tertiary/aromatic N) is 6. The number of aromatic nitrogens is 3. The molecule has 194 valence electrons. The van der Waals surface area contributed by atoms with Crippen molar-refractivity contribution in [2.45, 2.75) is 44.1 Å². The number of pyridine rings is 1. The van der Waals surface area contributed by atoms with E-state index in [2.05, 4.69) is 33.6 Å². The van der Waals surface area contributed by atoms with Crippen LogP contribution in [0.2, 0.25) is 0 Å². The second-order valence-electron chi connectivity index (χ2n) is 10.5. The second kappa shape index (κ2) is 10.1. The number of hydrogen-bond acceptors (Lipinski definition) is 7. The molecule has 8 nitrogen and oxygen atoms in total.